The Bertz CT molecular complexity index is 1210. The van der Waals surface area contributed by atoms with Gasteiger partial charge >= 0.3 is 0 Å². The fourth-order valence-corrected chi connectivity index (χ4v) is 5.01. The zero-order valence-corrected chi connectivity index (χ0v) is 18.6. The number of pyridine rings is 1. The number of halogens is 1. The number of aromatic nitrogens is 1. The molecule has 0 radical (unpaired) electrons. The number of carbonyl (C=O) groups excluding carboxylic acids is 2. The van der Waals surface area contributed by atoms with Crippen LogP contribution in [-0.2, 0) is 9.59 Å². The van der Waals surface area contributed by atoms with E-state index in [0.717, 1.165) is 47.3 Å². The summed E-state index contributed by atoms with van der Waals surface area (Å²) in [7, 11) is 0. The molecule has 2 aromatic carbocycles. The number of hydrogen-bond donors (Lipinski definition) is 1. The highest BCUT2D eigenvalue weighted by Gasteiger charge is 2.37. The first-order chi connectivity index (χ1) is 16.0. The van der Waals surface area contributed by atoms with Crippen molar-refractivity contribution in [1.82, 2.24) is 9.88 Å². The molecule has 3 aromatic rings. The van der Waals surface area contributed by atoms with Gasteiger partial charge in [-0.25, -0.2) is 4.39 Å². The van der Waals surface area contributed by atoms with Crippen molar-refractivity contribution in [3.8, 4) is 11.1 Å². The number of nitrogens with one attached hydrogen (secondary N) is 1. The largest absolute Gasteiger partial charge is 0.334 e. The fraction of sp³-hybridized carbons (Fsp3) is 0.296. The van der Waals surface area contributed by atoms with Crippen molar-refractivity contribution in [2.45, 2.75) is 44.6 Å². The van der Waals surface area contributed by atoms with Crippen LogP contribution in [0.25, 0.3) is 11.1 Å². The van der Waals surface area contributed by atoms with E-state index in [-0.39, 0.29) is 30.1 Å². The number of carbonyl (C=O) groups is 2. The maximum absolute atomic E-state index is 13.8. The number of amides is 2. The number of nitrogens with zero attached hydrogens (tertiary/aromatic N) is 2. The van der Waals surface area contributed by atoms with Gasteiger partial charge in [0.15, 0.2) is 0 Å². The molecule has 1 N–H and O–H groups in total. The second kappa shape index (κ2) is 8.77. The molecule has 3 heterocycles. The Hall–Kier alpha value is -3.54. The van der Waals surface area contributed by atoms with Gasteiger partial charge in [0.25, 0.3) is 0 Å². The SMILES string of the molecule is Cc1cc(-c2ccc(F)cc2)cc([C@@H]2CCCCN2C(=O)[C@@H]2CC(=O)Nc3ccccc32)n1. The smallest absolute Gasteiger partial charge is 0.231 e. The lowest BCUT2D eigenvalue weighted by Gasteiger charge is -2.39. The van der Waals surface area contributed by atoms with Gasteiger partial charge in [-0.1, -0.05) is 30.3 Å². The number of likely N-dealkylation sites (tertiary alicyclic amines) is 1. The summed E-state index contributed by atoms with van der Waals surface area (Å²) in [6.45, 7) is 2.58. The Labute approximate surface area is 192 Å². The van der Waals surface area contributed by atoms with E-state index in [1.165, 1.54) is 12.1 Å². The number of para-hydroxylation sites is 1. The van der Waals surface area contributed by atoms with Crippen LogP contribution >= 0.6 is 0 Å². The molecule has 2 atom stereocenters. The lowest BCUT2D eigenvalue weighted by molar-refractivity contribution is -0.138. The van der Waals surface area contributed by atoms with Gasteiger partial charge in [0.05, 0.1) is 17.7 Å². The van der Waals surface area contributed by atoms with Gasteiger partial charge in [-0.3, -0.25) is 14.6 Å². The first-order valence-electron chi connectivity index (χ1n) is 11.4. The number of anilines is 1. The lowest BCUT2D eigenvalue weighted by atomic mass is 9.87. The number of hydrogen-bond acceptors (Lipinski definition) is 3. The van der Waals surface area contributed by atoms with E-state index in [0.29, 0.717) is 12.2 Å². The fourth-order valence-electron chi connectivity index (χ4n) is 5.01. The molecule has 0 spiro atoms. The molecular weight excluding hydrogens is 417 g/mol. The highest BCUT2D eigenvalue weighted by atomic mass is 19.1. The molecule has 168 valence electrons. The lowest BCUT2D eigenvalue weighted by Crippen LogP contribution is -2.43. The molecule has 0 saturated carbocycles. The van der Waals surface area contributed by atoms with Crippen molar-refractivity contribution in [1.29, 1.82) is 0 Å². The zero-order valence-electron chi connectivity index (χ0n) is 18.6. The summed E-state index contributed by atoms with van der Waals surface area (Å²) in [5.74, 6) is -0.913. The monoisotopic (exact) mass is 443 g/mol. The second-order valence-electron chi connectivity index (χ2n) is 8.86. The minimum atomic E-state index is -0.489. The quantitative estimate of drug-likeness (QED) is 0.592. The van der Waals surface area contributed by atoms with Gasteiger partial charge in [-0.05, 0) is 73.2 Å². The Morgan fingerprint density at radius 2 is 1.85 bits per heavy atom. The summed E-state index contributed by atoms with van der Waals surface area (Å²) in [6, 6.07) is 17.8. The first kappa shape index (κ1) is 21.3. The number of fused-ring (bicyclic) bond motifs is 1. The van der Waals surface area contributed by atoms with Crippen molar-refractivity contribution in [2.75, 3.05) is 11.9 Å². The average molecular weight is 444 g/mol. The highest BCUT2D eigenvalue weighted by Crippen LogP contribution is 2.38. The molecule has 5 nitrogen and oxygen atoms in total. The normalized spacial score (nSPS) is 20.2. The van der Waals surface area contributed by atoms with E-state index < -0.39 is 5.92 Å². The van der Waals surface area contributed by atoms with E-state index >= 15 is 0 Å². The van der Waals surface area contributed by atoms with E-state index in [9.17, 15) is 14.0 Å². The Morgan fingerprint density at radius 3 is 2.67 bits per heavy atom. The number of benzene rings is 2. The predicted molar refractivity (Wildman–Crippen MR) is 125 cm³/mol. The van der Waals surface area contributed by atoms with Gasteiger partial charge in [-0.15, -0.1) is 0 Å². The van der Waals surface area contributed by atoms with Crippen molar-refractivity contribution < 1.29 is 14.0 Å². The van der Waals surface area contributed by atoms with E-state index in [4.69, 9.17) is 4.98 Å². The van der Waals surface area contributed by atoms with Crippen LogP contribution in [0.3, 0.4) is 0 Å². The average Bonchev–Trinajstić information content (AvgIpc) is 2.83. The van der Waals surface area contributed by atoms with Crippen LogP contribution in [0, 0.1) is 12.7 Å². The summed E-state index contributed by atoms with van der Waals surface area (Å²) < 4.78 is 13.4. The molecule has 1 saturated heterocycles. The Kier molecular flexibility index (Phi) is 5.67. The minimum Gasteiger partial charge on any atom is -0.334 e. The van der Waals surface area contributed by atoms with Crippen LogP contribution in [0.2, 0.25) is 0 Å². The predicted octanol–water partition coefficient (Wildman–Crippen LogP) is 5.38. The molecule has 0 aliphatic carbocycles. The zero-order chi connectivity index (χ0) is 22.9. The first-order valence-corrected chi connectivity index (χ1v) is 11.4. The van der Waals surface area contributed by atoms with Crippen molar-refractivity contribution >= 4 is 17.5 Å². The maximum atomic E-state index is 13.8. The molecule has 0 bridgehead atoms. The summed E-state index contributed by atoms with van der Waals surface area (Å²) in [5, 5.41) is 2.88. The molecule has 2 aliphatic rings. The van der Waals surface area contributed by atoms with Crippen molar-refractivity contribution in [3.05, 3.63) is 83.4 Å². The Balaban J connectivity index is 1.49. The molecule has 2 amide bonds. The van der Waals surface area contributed by atoms with Gasteiger partial charge in [0, 0.05) is 24.3 Å². The molecule has 0 unspecified atom stereocenters. The molecule has 33 heavy (non-hydrogen) atoms. The van der Waals surface area contributed by atoms with Crippen LogP contribution < -0.4 is 5.32 Å². The van der Waals surface area contributed by atoms with Crippen LogP contribution in [0.15, 0.2) is 60.7 Å². The Morgan fingerprint density at radius 1 is 1.06 bits per heavy atom. The van der Waals surface area contributed by atoms with E-state index in [2.05, 4.69) is 5.32 Å². The van der Waals surface area contributed by atoms with Crippen LogP contribution in [0.4, 0.5) is 10.1 Å². The summed E-state index contributed by atoms with van der Waals surface area (Å²) in [6.07, 6.45) is 2.92. The van der Waals surface area contributed by atoms with Crippen LogP contribution in [0.1, 0.15) is 54.6 Å². The molecule has 1 fully saturated rings. The molecule has 6 heteroatoms. The molecular formula is C27H26FN3O2. The van der Waals surface area contributed by atoms with Gasteiger partial charge < -0.3 is 10.2 Å². The van der Waals surface area contributed by atoms with E-state index in [1.807, 2.05) is 48.2 Å². The highest BCUT2D eigenvalue weighted by molar-refractivity contribution is 6.01. The van der Waals surface area contributed by atoms with Gasteiger partial charge in [0.2, 0.25) is 11.8 Å². The van der Waals surface area contributed by atoms with Gasteiger partial charge in [0.1, 0.15) is 5.82 Å². The third kappa shape index (κ3) is 4.25. The number of aryl methyl sites for hydroxylation is 1. The van der Waals surface area contributed by atoms with Gasteiger partial charge in [-0.2, -0.15) is 0 Å². The number of rotatable bonds is 3. The molecule has 2 aliphatic heterocycles. The number of piperidine rings is 1. The maximum Gasteiger partial charge on any atom is 0.231 e. The van der Waals surface area contributed by atoms with Crippen molar-refractivity contribution in [2.24, 2.45) is 0 Å². The minimum absolute atomic E-state index is 0.0198. The summed E-state index contributed by atoms with van der Waals surface area (Å²) in [5.41, 5.74) is 5.15. The third-order valence-corrected chi connectivity index (χ3v) is 6.58. The van der Waals surface area contributed by atoms with E-state index in [1.54, 1.807) is 12.1 Å². The second-order valence-corrected chi connectivity index (χ2v) is 8.86. The third-order valence-electron chi connectivity index (χ3n) is 6.58. The van der Waals surface area contributed by atoms with Crippen LogP contribution in [0.5, 0.6) is 0 Å². The molecule has 5 rings (SSSR count). The standard InChI is InChI=1S/C27H26FN3O2/c1-17-14-19(18-9-11-20(28)12-10-18)15-24(29-17)25-8-4-5-13-31(25)27(33)22-16-26(32)30-23-7-3-2-6-21(22)23/h2-3,6-7,9-12,14-15,22,25H,4-5,8,13,16H2,1H3,(H,30,32)/t22-,25+/m1/s1. The summed E-state index contributed by atoms with van der Waals surface area (Å²) >= 11 is 0. The topological polar surface area (TPSA) is 62.3 Å². The van der Waals surface area contributed by atoms with Crippen molar-refractivity contribution in [3.63, 3.8) is 0 Å². The molecule has 1 aromatic heterocycles. The summed E-state index contributed by atoms with van der Waals surface area (Å²) in [4.78, 5) is 32.8. The van der Waals surface area contributed by atoms with Crippen LogP contribution in [-0.4, -0.2) is 28.2 Å².